The highest BCUT2D eigenvalue weighted by Crippen LogP contribution is 2.12. The first-order chi connectivity index (χ1) is 9.54. The molecule has 7 heteroatoms. The minimum Gasteiger partial charge on any atom is -0.508 e. The van der Waals surface area contributed by atoms with E-state index in [9.17, 15) is 9.90 Å². The van der Waals surface area contributed by atoms with Gasteiger partial charge in [0.1, 0.15) is 23.0 Å². The molecule has 0 aliphatic carbocycles. The summed E-state index contributed by atoms with van der Waals surface area (Å²) >= 11 is 5.70. The Labute approximate surface area is 120 Å². The standard InChI is InChI=1S/C13H13ClN4O2/c14-11-6-12(17-7-16-11)18-13(20)10(15)5-8-1-3-9(19)4-2-8/h1-4,6-7,10,19H,5,15H2,(H,16,17,18,20)/t10-/m0/s1. The van der Waals surface area contributed by atoms with Crippen molar-refractivity contribution in [2.24, 2.45) is 5.73 Å². The number of aromatic hydroxyl groups is 1. The van der Waals surface area contributed by atoms with Crippen molar-refractivity contribution in [3.05, 3.63) is 47.4 Å². The van der Waals surface area contributed by atoms with Crippen molar-refractivity contribution in [1.82, 2.24) is 9.97 Å². The van der Waals surface area contributed by atoms with E-state index in [0.717, 1.165) is 5.56 Å². The number of hydrogen-bond donors (Lipinski definition) is 3. The molecule has 1 atom stereocenters. The van der Waals surface area contributed by atoms with Gasteiger partial charge in [0, 0.05) is 6.07 Å². The number of benzene rings is 1. The molecule has 0 aliphatic rings. The van der Waals surface area contributed by atoms with Crippen LogP contribution < -0.4 is 11.1 Å². The topological polar surface area (TPSA) is 101 Å². The smallest absolute Gasteiger partial charge is 0.242 e. The Morgan fingerprint density at radius 1 is 1.35 bits per heavy atom. The molecular formula is C13H13ClN4O2. The van der Waals surface area contributed by atoms with Crippen LogP contribution >= 0.6 is 11.6 Å². The van der Waals surface area contributed by atoms with E-state index in [-0.39, 0.29) is 16.8 Å². The lowest BCUT2D eigenvalue weighted by molar-refractivity contribution is -0.117. The zero-order valence-electron chi connectivity index (χ0n) is 10.5. The molecule has 20 heavy (non-hydrogen) atoms. The van der Waals surface area contributed by atoms with Crippen molar-refractivity contribution in [2.45, 2.75) is 12.5 Å². The second kappa shape index (κ2) is 6.31. The summed E-state index contributed by atoms with van der Waals surface area (Å²) in [5, 5.41) is 12.0. The van der Waals surface area contributed by atoms with E-state index in [0.29, 0.717) is 12.2 Å². The van der Waals surface area contributed by atoms with Crippen LogP contribution in [0, 0.1) is 0 Å². The van der Waals surface area contributed by atoms with E-state index in [4.69, 9.17) is 17.3 Å². The number of carbonyl (C=O) groups is 1. The first-order valence-electron chi connectivity index (χ1n) is 5.86. The van der Waals surface area contributed by atoms with E-state index < -0.39 is 6.04 Å². The Morgan fingerprint density at radius 3 is 2.70 bits per heavy atom. The number of phenols is 1. The van der Waals surface area contributed by atoms with Gasteiger partial charge in [0.25, 0.3) is 0 Å². The Balaban J connectivity index is 1.96. The summed E-state index contributed by atoms with van der Waals surface area (Å²) in [6.07, 6.45) is 1.61. The molecule has 6 nitrogen and oxygen atoms in total. The number of nitrogens with two attached hydrogens (primary N) is 1. The van der Waals surface area contributed by atoms with Crippen LogP contribution in [0.25, 0.3) is 0 Å². The van der Waals surface area contributed by atoms with Crippen LogP contribution in [0.4, 0.5) is 5.82 Å². The fraction of sp³-hybridized carbons (Fsp3) is 0.154. The fourth-order valence-corrected chi connectivity index (χ4v) is 1.75. The minimum absolute atomic E-state index is 0.169. The summed E-state index contributed by atoms with van der Waals surface area (Å²) in [7, 11) is 0. The van der Waals surface area contributed by atoms with Crippen molar-refractivity contribution >= 4 is 23.3 Å². The predicted molar refractivity (Wildman–Crippen MR) is 75.5 cm³/mol. The number of hydrogen-bond acceptors (Lipinski definition) is 5. The number of carbonyl (C=O) groups excluding carboxylic acids is 1. The summed E-state index contributed by atoms with van der Waals surface area (Å²) in [5.74, 6) is 0.103. The van der Waals surface area contributed by atoms with E-state index >= 15 is 0 Å². The zero-order valence-corrected chi connectivity index (χ0v) is 11.2. The highest BCUT2D eigenvalue weighted by molar-refractivity contribution is 6.29. The molecule has 1 aromatic carbocycles. The minimum atomic E-state index is -0.728. The average molecular weight is 293 g/mol. The van der Waals surface area contributed by atoms with Gasteiger partial charge in [0.2, 0.25) is 5.91 Å². The van der Waals surface area contributed by atoms with Gasteiger partial charge in [-0.2, -0.15) is 0 Å². The summed E-state index contributed by atoms with van der Waals surface area (Å²) in [6.45, 7) is 0. The van der Waals surface area contributed by atoms with Crippen LogP contribution in [0.1, 0.15) is 5.56 Å². The molecular weight excluding hydrogens is 280 g/mol. The van der Waals surface area contributed by atoms with Crippen LogP contribution in [0.3, 0.4) is 0 Å². The molecule has 0 unspecified atom stereocenters. The molecule has 1 amide bonds. The largest absolute Gasteiger partial charge is 0.508 e. The summed E-state index contributed by atoms with van der Waals surface area (Å²) < 4.78 is 0. The Hall–Kier alpha value is -2.18. The maximum absolute atomic E-state index is 11.9. The molecule has 0 aliphatic heterocycles. The van der Waals surface area contributed by atoms with Gasteiger partial charge in [0.05, 0.1) is 6.04 Å². The molecule has 104 valence electrons. The average Bonchev–Trinajstić information content (AvgIpc) is 2.41. The van der Waals surface area contributed by atoms with E-state index in [1.807, 2.05) is 0 Å². The Kier molecular flexibility index (Phi) is 4.49. The van der Waals surface area contributed by atoms with Crippen LogP contribution in [0.5, 0.6) is 5.75 Å². The first kappa shape index (κ1) is 14.2. The normalized spacial score (nSPS) is 11.9. The van der Waals surface area contributed by atoms with Gasteiger partial charge in [-0.1, -0.05) is 23.7 Å². The van der Waals surface area contributed by atoms with Crippen molar-refractivity contribution < 1.29 is 9.90 Å². The molecule has 0 saturated heterocycles. The van der Waals surface area contributed by atoms with E-state index in [1.165, 1.54) is 12.4 Å². The lowest BCUT2D eigenvalue weighted by Crippen LogP contribution is -2.37. The second-order valence-corrected chi connectivity index (χ2v) is 4.58. The fourth-order valence-electron chi connectivity index (χ4n) is 1.60. The number of nitrogens with one attached hydrogen (secondary N) is 1. The number of amides is 1. The molecule has 1 heterocycles. The van der Waals surface area contributed by atoms with Gasteiger partial charge in [-0.15, -0.1) is 0 Å². The van der Waals surface area contributed by atoms with Crippen LogP contribution in [-0.2, 0) is 11.2 Å². The van der Waals surface area contributed by atoms with Gasteiger partial charge in [0.15, 0.2) is 0 Å². The SMILES string of the molecule is N[C@@H](Cc1ccc(O)cc1)C(=O)Nc1cc(Cl)ncn1. The Morgan fingerprint density at radius 2 is 2.05 bits per heavy atom. The maximum Gasteiger partial charge on any atom is 0.242 e. The van der Waals surface area contributed by atoms with Gasteiger partial charge in [-0.3, -0.25) is 4.79 Å². The first-order valence-corrected chi connectivity index (χ1v) is 6.24. The quantitative estimate of drug-likeness (QED) is 0.738. The Bertz CT molecular complexity index is 604. The number of anilines is 1. The predicted octanol–water partition coefficient (Wildman–Crippen LogP) is 1.34. The highest BCUT2D eigenvalue weighted by Gasteiger charge is 2.15. The van der Waals surface area contributed by atoms with Gasteiger partial charge in [-0.05, 0) is 24.1 Å². The number of rotatable bonds is 4. The van der Waals surface area contributed by atoms with Crippen LogP contribution in [0.2, 0.25) is 5.15 Å². The molecule has 0 spiro atoms. The van der Waals surface area contributed by atoms with Crippen LogP contribution in [0.15, 0.2) is 36.7 Å². The third-order valence-corrected chi connectivity index (χ3v) is 2.82. The number of aromatic nitrogens is 2. The van der Waals surface area contributed by atoms with Crippen molar-refractivity contribution in [3.8, 4) is 5.75 Å². The summed E-state index contributed by atoms with van der Waals surface area (Å²) in [4.78, 5) is 19.5. The molecule has 0 radical (unpaired) electrons. The summed E-state index contributed by atoms with van der Waals surface area (Å²) in [6, 6.07) is 7.23. The third-order valence-electron chi connectivity index (χ3n) is 2.61. The van der Waals surface area contributed by atoms with Crippen molar-refractivity contribution in [3.63, 3.8) is 0 Å². The van der Waals surface area contributed by atoms with E-state index in [1.54, 1.807) is 24.3 Å². The lowest BCUT2D eigenvalue weighted by atomic mass is 10.1. The molecule has 0 fully saturated rings. The van der Waals surface area contributed by atoms with Crippen molar-refractivity contribution in [1.29, 1.82) is 0 Å². The second-order valence-electron chi connectivity index (χ2n) is 4.19. The third kappa shape index (κ3) is 3.91. The number of phenolic OH excluding ortho intramolecular Hbond substituents is 1. The molecule has 2 rings (SSSR count). The lowest BCUT2D eigenvalue weighted by Gasteiger charge is -2.11. The zero-order chi connectivity index (χ0) is 14.5. The summed E-state index contributed by atoms with van der Waals surface area (Å²) in [5.41, 5.74) is 6.68. The maximum atomic E-state index is 11.9. The molecule has 0 bridgehead atoms. The molecule has 1 aromatic heterocycles. The highest BCUT2D eigenvalue weighted by atomic mass is 35.5. The van der Waals surface area contributed by atoms with Crippen LogP contribution in [-0.4, -0.2) is 27.0 Å². The number of halogens is 1. The molecule has 0 saturated carbocycles. The molecule has 4 N–H and O–H groups in total. The monoisotopic (exact) mass is 292 g/mol. The molecule has 2 aromatic rings. The van der Waals surface area contributed by atoms with E-state index in [2.05, 4.69) is 15.3 Å². The van der Waals surface area contributed by atoms with Gasteiger partial charge in [-0.25, -0.2) is 9.97 Å². The number of nitrogens with zero attached hydrogens (tertiary/aromatic N) is 2. The van der Waals surface area contributed by atoms with Gasteiger partial charge < -0.3 is 16.2 Å². The van der Waals surface area contributed by atoms with Gasteiger partial charge >= 0.3 is 0 Å². The van der Waals surface area contributed by atoms with Crippen molar-refractivity contribution in [2.75, 3.05) is 5.32 Å².